The van der Waals surface area contributed by atoms with Crippen LogP contribution in [0.3, 0.4) is 0 Å². The van der Waals surface area contributed by atoms with E-state index in [2.05, 4.69) is 23.7 Å². The molecule has 2 heterocycles. The Labute approximate surface area is 145 Å². The number of imidazole rings is 1. The molecule has 2 aromatic rings. The Balaban J connectivity index is 1.99. The van der Waals surface area contributed by atoms with E-state index in [1.165, 1.54) is 6.07 Å². The molecule has 1 saturated heterocycles. The lowest BCUT2D eigenvalue weighted by atomic mass is 10.2. The molecule has 1 aromatic carbocycles. The highest BCUT2D eigenvalue weighted by atomic mass is 19.4. The van der Waals surface area contributed by atoms with E-state index in [0.717, 1.165) is 55.9 Å². The number of hydrogen-bond donors (Lipinski definition) is 0. The van der Waals surface area contributed by atoms with E-state index in [1.54, 1.807) is 0 Å². The summed E-state index contributed by atoms with van der Waals surface area (Å²) >= 11 is 0. The van der Waals surface area contributed by atoms with E-state index in [4.69, 9.17) is 4.74 Å². The Bertz CT molecular complexity index is 716. The molecule has 1 aromatic heterocycles. The zero-order chi connectivity index (χ0) is 18.0. The maximum Gasteiger partial charge on any atom is 0.416 e. The first-order valence-corrected chi connectivity index (χ1v) is 8.85. The van der Waals surface area contributed by atoms with Crippen LogP contribution in [0.5, 0.6) is 0 Å². The maximum atomic E-state index is 13.0. The molecule has 1 unspecified atom stereocenters. The molecule has 0 aliphatic carbocycles. The number of alkyl halides is 3. The molecule has 0 N–H and O–H groups in total. The zero-order valence-electron chi connectivity index (χ0n) is 14.6. The Morgan fingerprint density at radius 2 is 2.04 bits per heavy atom. The van der Waals surface area contributed by atoms with E-state index in [-0.39, 0.29) is 6.10 Å². The second kappa shape index (κ2) is 7.33. The molecule has 0 radical (unpaired) electrons. The molecule has 7 heteroatoms. The maximum absolute atomic E-state index is 13.0. The van der Waals surface area contributed by atoms with Gasteiger partial charge in [0.2, 0.25) is 0 Å². The number of halogens is 3. The molecule has 0 spiro atoms. The number of benzene rings is 1. The molecule has 0 saturated carbocycles. The van der Waals surface area contributed by atoms with Crippen LogP contribution in [0.2, 0.25) is 0 Å². The van der Waals surface area contributed by atoms with Crippen molar-refractivity contribution in [3.05, 3.63) is 29.6 Å². The lowest BCUT2D eigenvalue weighted by Gasteiger charge is -2.20. The van der Waals surface area contributed by atoms with E-state index in [9.17, 15) is 13.2 Å². The normalized spacial score (nSPS) is 18.6. The van der Waals surface area contributed by atoms with Crippen molar-refractivity contribution >= 4 is 11.0 Å². The lowest BCUT2D eigenvalue weighted by Crippen LogP contribution is -2.27. The number of rotatable bonds is 6. The van der Waals surface area contributed by atoms with Gasteiger partial charge in [-0.2, -0.15) is 13.2 Å². The van der Waals surface area contributed by atoms with E-state index >= 15 is 0 Å². The Hall–Kier alpha value is -1.60. The van der Waals surface area contributed by atoms with Crippen LogP contribution in [0.25, 0.3) is 11.0 Å². The number of ether oxygens (including phenoxy) is 1. The van der Waals surface area contributed by atoms with Gasteiger partial charge in [0.05, 0.1) is 16.6 Å². The van der Waals surface area contributed by atoms with Crippen molar-refractivity contribution in [3.63, 3.8) is 0 Å². The van der Waals surface area contributed by atoms with Gasteiger partial charge in [0.25, 0.3) is 0 Å². The van der Waals surface area contributed by atoms with Crippen LogP contribution in [0.4, 0.5) is 13.2 Å². The van der Waals surface area contributed by atoms with Gasteiger partial charge in [-0.3, -0.25) is 0 Å². The minimum atomic E-state index is -4.36. The van der Waals surface area contributed by atoms with Gasteiger partial charge in [-0.25, -0.2) is 4.98 Å². The Morgan fingerprint density at radius 3 is 2.64 bits per heavy atom. The van der Waals surface area contributed by atoms with Crippen LogP contribution >= 0.6 is 0 Å². The van der Waals surface area contributed by atoms with Crippen LogP contribution in [0.15, 0.2) is 18.2 Å². The van der Waals surface area contributed by atoms with Gasteiger partial charge in [-0.1, -0.05) is 13.8 Å². The average molecular weight is 355 g/mol. The summed E-state index contributed by atoms with van der Waals surface area (Å²) in [6.07, 6.45) is -2.67. The molecule has 0 amide bonds. The van der Waals surface area contributed by atoms with Crippen molar-refractivity contribution in [2.45, 2.75) is 45.5 Å². The molecule has 1 aliphatic heterocycles. The third-order valence-electron chi connectivity index (χ3n) is 4.86. The number of nitrogens with zero attached hydrogens (tertiary/aromatic N) is 3. The highest BCUT2D eigenvalue weighted by Gasteiger charge is 2.32. The molecule has 1 atom stereocenters. The van der Waals surface area contributed by atoms with Crippen molar-refractivity contribution < 1.29 is 17.9 Å². The van der Waals surface area contributed by atoms with E-state index < -0.39 is 11.7 Å². The van der Waals surface area contributed by atoms with Gasteiger partial charge in [0.15, 0.2) is 0 Å². The highest BCUT2D eigenvalue weighted by Crippen LogP contribution is 2.34. The molecule has 1 fully saturated rings. The first-order chi connectivity index (χ1) is 11.9. The first-order valence-electron chi connectivity index (χ1n) is 8.85. The van der Waals surface area contributed by atoms with Gasteiger partial charge < -0.3 is 14.2 Å². The van der Waals surface area contributed by atoms with Gasteiger partial charge in [-0.15, -0.1) is 0 Å². The SMILES string of the molecule is CCN(CC)CCn1c(C2CCCO2)nc2cc(C(F)(F)F)ccc21. The summed E-state index contributed by atoms with van der Waals surface area (Å²) in [6, 6.07) is 3.81. The molecule has 3 rings (SSSR count). The van der Waals surface area contributed by atoms with Gasteiger partial charge >= 0.3 is 6.18 Å². The molecule has 25 heavy (non-hydrogen) atoms. The van der Waals surface area contributed by atoms with Crippen molar-refractivity contribution in [2.75, 3.05) is 26.2 Å². The fourth-order valence-corrected chi connectivity index (χ4v) is 3.37. The average Bonchev–Trinajstić information content (AvgIpc) is 3.21. The fraction of sp³-hybridized carbons (Fsp3) is 0.611. The van der Waals surface area contributed by atoms with Crippen LogP contribution in [-0.2, 0) is 17.5 Å². The second-order valence-electron chi connectivity index (χ2n) is 6.35. The van der Waals surface area contributed by atoms with Crippen molar-refractivity contribution in [1.82, 2.24) is 14.5 Å². The van der Waals surface area contributed by atoms with Crippen LogP contribution < -0.4 is 0 Å². The minimum absolute atomic E-state index is 0.126. The van der Waals surface area contributed by atoms with Crippen LogP contribution in [0.1, 0.15) is 44.2 Å². The van der Waals surface area contributed by atoms with Crippen LogP contribution in [-0.4, -0.2) is 40.7 Å². The molecule has 138 valence electrons. The number of aromatic nitrogens is 2. The summed E-state index contributed by atoms with van der Waals surface area (Å²) in [6.45, 7) is 8.29. The summed E-state index contributed by atoms with van der Waals surface area (Å²) < 4.78 is 46.8. The topological polar surface area (TPSA) is 30.3 Å². The largest absolute Gasteiger partial charge is 0.416 e. The standard InChI is InChI=1S/C18H24F3N3O/c1-3-23(4-2)9-10-24-15-8-7-13(18(19,20)21)12-14(15)22-17(24)16-6-5-11-25-16/h7-8,12,16H,3-6,9-11H2,1-2H3. The number of fused-ring (bicyclic) bond motifs is 1. The predicted octanol–water partition coefficient (Wildman–Crippen LogP) is 4.25. The second-order valence-corrected chi connectivity index (χ2v) is 6.35. The summed E-state index contributed by atoms with van der Waals surface area (Å²) in [5, 5.41) is 0. The summed E-state index contributed by atoms with van der Waals surface area (Å²) in [4.78, 5) is 6.80. The third kappa shape index (κ3) is 3.82. The highest BCUT2D eigenvalue weighted by molar-refractivity contribution is 5.77. The van der Waals surface area contributed by atoms with Crippen molar-refractivity contribution in [2.24, 2.45) is 0 Å². The zero-order valence-corrected chi connectivity index (χ0v) is 14.6. The lowest BCUT2D eigenvalue weighted by molar-refractivity contribution is -0.137. The number of hydrogen-bond acceptors (Lipinski definition) is 3. The molecule has 4 nitrogen and oxygen atoms in total. The quantitative estimate of drug-likeness (QED) is 0.776. The van der Waals surface area contributed by atoms with Crippen LogP contribution in [0, 0.1) is 0 Å². The Kier molecular flexibility index (Phi) is 5.34. The number of likely N-dealkylation sites (N-methyl/N-ethyl adjacent to an activating group) is 1. The third-order valence-corrected chi connectivity index (χ3v) is 4.86. The smallest absolute Gasteiger partial charge is 0.370 e. The molecule has 0 bridgehead atoms. The fourth-order valence-electron chi connectivity index (χ4n) is 3.37. The van der Waals surface area contributed by atoms with E-state index in [0.29, 0.717) is 18.7 Å². The monoisotopic (exact) mass is 355 g/mol. The van der Waals surface area contributed by atoms with E-state index in [1.807, 2.05) is 4.57 Å². The molecule has 1 aliphatic rings. The summed E-state index contributed by atoms with van der Waals surface area (Å²) in [5.41, 5.74) is 0.470. The molecular formula is C18H24F3N3O. The van der Waals surface area contributed by atoms with Crippen molar-refractivity contribution in [3.8, 4) is 0 Å². The summed E-state index contributed by atoms with van der Waals surface area (Å²) in [7, 11) is 0. The van der Waals surface area contributed by atoms with Gasteiger partial charge in [-0.05, 0) is 44.1 Å². The predicted molar refractivity (Wildman–Crippen MR) is 90.5 cm³/mol. The first kappa shape index (κ1) is 18.2. The Morgan fingerprint density at radius 1 is 1.28 bits per heavy atom. The van der Waals surface area contributed by atoms with Gasteiger partial charge in [0, 0.05) is 19.7 Å². The molecular weight excluding hydrogens is 331 g/mol. The summed E-state index contributed by atoms with van der Waals surface area (Å²) in [5.74, 6) is 0.749. The minimum Gasteiger partial charge on any atom is -0.370 e. The van der Waals surface area contributed by atoms with Gasteiger partial charge in [0.1, 0.15) is 11.9 Å². The van der Waals surface area contributed by atoms with Crippen molar-refractivity contribution in [1.29, 1.82) is 0 Å².